The van der Waals surface area contributed by atoms with Crippen molar-refractivity contribution in [3.63, 3.8) is 0 Å². The Balaban J connectivity index is 3.29. The Morgan fingerprint density at radius 3 is 2.76 bits per heavy atom. The maximum absolute atomic E-state index is 12.8. The number of nitrogens with two attached hydrogens (primary N) is 1. The molecule has 7 heteroatoms. The van der Waals surface area contributed by atoms with Crippen molar-refractivity contribution in [2.75, 3.05) is 7.11 Å². The fourth-order valence-electron chi connectivity index (χ4n) is 1.43. The molecule has 0 aliphatic rings. The van der Waals surface area contributed by atoms with Crippen LogP contribution in [0.5, 0.6) is 5.75 Å². The normalized spacial score (nSPS) is 10.6. The largest absolute Gasteiger partial charge is 0.506 e. The van der Waals surface area contributed by atoms with Crippen molar-refractivity contribution >= 4 is 5.97 Å². The van der Waals surface area contributed by atoms with E-state index < -0.39 is 30.1 Å². The monoisotopic (exact) mass is 246 g/mol. The fraction of sp³-hybridized carbons (Fsp3) is 0.400. The summed E-state index contributed by atoms with van der Waals surface area (Å²) in [4.78, 5) is 14.8. The number of hydrogen-bond donors (Lipinski definition) is 2. The second-order valence-electron chi connectivity index (χ2n) is 3.24. The van der Waals surface area contributed by atoms with Gasteiger partial charge in [0.05, 0.1) is 31.0 Å². The van der Waals surface area contributed by atoms with Crippen molar-refractivity contribution in [2.45, 2.75) is 19.4 Å². The van der Waals surface area contributed by atoms with Crippen LogP contribution in [-0.2, 0) is 22.5 Å². The molecule has 0 aliphatic heterocycles. The molecule has 0 amide bonds. The summed E-state index contributed by atoms with van der Waals surface area (Å²) in [5, 5.41) is 9.33. The van der Waals surface area contributed by atoms with Crippen LogP contribution in [0.15, 0.2) is 6.20 Å². The van der Waals surface area contributed by atoms with E-state index in [9.17, 15) is 18.7 Å². The van der Waals surface area contributed by atoms with E-state index in [-0.39, 0.29) is 17.8 Å². The van der Waals surface area contributed by atoms with Gasteiger partial charge in [0.1, 0.15) is 5.75 Å². The molecular formula is C10H12F2N2O3. The molecule has 3 N–H and O–H groups in total. The van der Waals surface area contributed by atoms with Crippen molar-refractivity contribution in [2.24, 2.45) is 5.73 Å². The lowest BCUT2D eigenvalue weighted by Crippen LogP contribution is -2.13. The van der Waals surface area contributed by atoms with Gasteiger partial charge in [-0.25, -0.2) is 8.78 Å². The number of carbonyl (C=O) groups excluding carboxylic acids is 1. The highest BCUT2D eigenvalue weighted by atomic mass is 19.3. The Kier molecular flexibility index (Phi) is 4.33. The summed E-state index contributed by atoms with van der Waals surface area (Å²) in [7, 11) is 1.14. The Morgan fingerprint density at radius 2 is 2.29 bits per heavy atom. The van der Waals surface area contributed by atoms with E-state index in [0.717, 1.165) is 13.3 Å². The summed E-state index contributed by atoms with van der Waals surface area (Å²) in [5.41, 5.74) is 4.79. The standard InChI is InChI=1S/C10H12F2N2O3/c1-17-8(16)2-5-6(3-13)14-4-7(15)9(5)10(11)12/h4,10,15H,2-3,13H2,1H3. The quantitative estimate of drug-likeness (QED) is 0.771. The first-order valence-electron chi connectivity index (χ1n) is 4.75. The molecule has 5 nitrogen and oxygen atoms in total. The molecule has 0 fully saturated rings. The number of alkyl halides is 2. The molecule has 17 heavy (non-hydrogen) atoms. The molecule has 0 saturated carbocycles. The number of rotatable bonds is 4. The smallest absolute Gasteiger partial charge is 0.310 e. The van der Waals surface area contributed by atoms with Gasteiger partial charge in [-0.2, -0.15) is 0 Å². The molecule has 94 valence electrons. The van der Waals surface area contributed by atoms with E-state index in [1.165, 1.54) is 0 Å². The van der Waals surface area contributed by atoms with Crippen molar-refractivity contribution in [1.29, 1.82) is 0 Å². The number of ether oxygens (including phenoxy) is 1. The minimum atomic E-state index is -2.91. The predicted molar refractivity (Wildman–Crippen MR) is 54.5 cm³/mol. The van der Waals surface area contributed by atoms with Gasteiger partial charge in [-0.3, -0.25) is 9.78 Å². The Labute approximate surface area is 96.2 Å². The zero-order chi connectivity index (χ0) is 13.0. The number of hydrogen-bond acceptors (Lipinski definition) is 5. The number of halogens is 2. The van der Waals surface area contributed by atoms with Gasteiger partial charge in [0.15, 0.2) is 0 Å². The van der Waals surface area contributed by atoms with E-state index in [1.54, 1.807) is 0 Å². The van der Waals surface area contributed by atoms with Crippen molar-refractivity contribution in [1.82, 2.24) is 4.98 Å². The summed E-state index contributed by atoms with van der Waals surface area (Å²) in [6, 6.07) is 0. The highest BCUT2D eigenvalue weighted by Crippen LogP contribution is 2.32. The number of pyridine rings is 1. The SMILES string of the molecule is COC(=O)Cc1c(CN)ncc(O)c1C(F)F. The highest BCUT2D eigenvalue weighted by molar-refractivity contribution is 5.73. The number of carbonyl (C=O) groups is 1. The number of aromatic nitrogens is 1. The zero-order valence-electron chi connectivity index (χ0n) is 9.11. The first kappa shape index (κ1) is 13.3. The van der Waals surface area contributed by atoms with Gasteiger partial charge in [-0.05, 0) is 5.56 Å². The summed E-state index contributed by atoms with van der Waals surface area (Å²) in [6.07, 6.45) is -2.42. The van der Waals surface area contributed by atoms with Crippen LogP contribution in [0.2, 0.25) is 0 Å². The predicted octanol–water partition coefficient (Wildman–Crippen LogP) is 0.899. The van der Waals surface area contributed by atoms with Crippen LogP contribution in [0.25, 0.3) is 0 Å². The summed E-state index contributed by atoms with van der Waals surface area (Å²) in [6.45, 7) is -0.105. The highest BCUT2D eigenvalue weighted by Gasteiger charge is 2.23. The molecule has 0 spiro atoms. The second kappa shape index (κ2) is 5.53. The second-order valence-corrected chi connectivity index (χ2v) is 3.24. The Hall–Kier alpha value is -1.76. The van der Waals surface area contributed by atoms with E-state index in [2.05, 4.69) is 9.72 Å². The van der Waals surface area contributed by atoms with E-state index >= 15 is 0 Å². The van der Waals surface area contributed by atoms with Gasteiger partial charge in [-0.15, -0.1) is 0 Å². The van der Waals surface area contributed by atoms with Crippen LogP contribution in [0.1, 0.15) is 23.2 Å². The maximum atomic E-state index is 12.8. The maximum Gasteiger partial charge on any atom is 0.310 e. The molecule has 0 aromatic carbocycles. The fourth-order valence-corrected chi connectivity index (χ4v) is 1.43. The summed E-state index contributed by atoms with van der Waals surface area (Å²) in [5.74, 6) is -1.36. The van der Waals surface area contributed by atoms with Crippen molar-refractivity contribution < 1.29 is 23.4 Å². The zero-order valence-corrected chi connectivity index (χ0v) is 9.11. The van der Waals surface area contributed by atoms with Crippen LogP contribution < -0.4 is 5.73 Å². The third kappa shape index (κ3) is 2.88. The van der Waals surface area contributed by atoms with Crippen LogP contribution in [0.3, 0.4) is 0 Å². The number of aromatic hydroxyl groups is 1. The molecule has 0 aliphatic carbocycles. The lowest BCUT2D eigenvalue weighted by Gasteiger charge is -2.13. The van der Waals surface area contributed by atoms with Gasteiger partial charge in [0, 0.05) is 6.54 Å². The van der Waals surface area contributed by atoms with Gasteiger partial charge < -0.3 is 15.6 Å². The molecule has 1 aromatic heterocycles. The molecule has 0 bridgehead atoms. The average Bonchev–Trinajstić information content (AvgIpc) is 2.28. The third-order valence-electron chi connectivity index (χ3n) is 2.25. The summed E-state index contributed by atoms with van der Waals surface area (Å²) < 4.78 is 30.0. The van der Waals surface area contributed by atoms with Gasteiger partial charge in [-0.1, -0.05) is 0 Å². The van der Waals surface area contributed by atoms with Crippen LogP contribution in [0.4, 0.5) is 8.78 Å². The lowest BCUT2D eigenvalue weighted by atomic mass is 10.0. The Bertz CT molecular complexity index is 424. The molecule has 1 aromatic rings. The molecular weight excluding hydrogens is 234 g/mol. The number of esters is 1. The van der Waals surface area contributed by atoms with E-state index in [0.29, 0.717) is 0 Å². The summed E-state index contributed by atoms with van der Waals surface area (Å²) >= 11 is 0. The first-order valence-corrected chi connectivity index (χ1v) is 4.75. The number of methoxy groups -OCH3 is 1. The molecule has 0 saturated heterocycles. The van der Waals surface area contributed by atoms with Crippen LogP contribution in [-0.4, -0.2) is 23.2 Å². The van der Waals surface area contributed by atoms with Gasteiger partial charge >= 0.3 is 5.97 Å². The average molecular weight is 246 g/mol. The van der Waals surface area contributed by atoms with Gasteiger partial charge in [0.2, 0.25) is 0 Å². The number of nitrogens with zero attached hydrogens (tertiary/aromatic N) is 1. The molecule has 1 heterocycles. The molecule has 0 radical (unpaired) electrons. The van der Waals surface area contributed by atoms with E-state index in [1.807, 2.05) is 0 Å². The van der Waals surface area contributed by atoms with Crippen LogP contribution in [0, 0.1) is 0 Å². The van der Waals surface area contributed by atoms with Crippen molar-refractivity contribution in [3.8, 4) is 5.75 Å². The molecule has 1 rings (SSSR count). The van der Waals surface area contributed by atoms with E-state index in [4.69, 9.17) is 5.73 Å². The minimum absolute atomic E-state index is 0.0747. The minimum Gasteiger partial charge on any atom is -0.506 e. The molecule has 0 unspecified atom stereocenters. The molecule has 0 atom stereocenters. The Morgan fingerprint density at radius 1 is 1.65 bits per heavy atom. The van der Waals surface area contributed by atoms with Crippen LogP contribution >= 0.6 is 0 Å². The third-order valence-corrected chi connectivity index (χ3v) is 2.25. The first-order chi connectivity index (χ1) is 8.01. The van der Waals surface area contributed by atoms with Gasteiger partial charge in [0.25, 0.3) is 6.43 Å². The van der Waals surface area contributed by atoms with Crippen molar-refractivity contribution in [3.05, 3.63) is 23.0 Å². The lowest BCUT2D eigenvalue weighted by molar-refractivity contribution is -0.139. The topological polar surface area (TPSA) is 85.4 Å².